The Morgan fingerprint density at radius 1 is 0.944 bits per heavy atom. The summed E-state index contributed by atoms with van der Waals surface area (Å²) < 4.78 is 0. The molecule has 1 fully saturated rings. The minimum atomic E-state index is 0.149. The van der Waals surface area contributed by atoms with E-state index in [1.165, 1.54) is 57.8 Å². The van der Waals surface area contributed by atoms with Gasteiger partial charge in [-0.2, -0.15) is 0 Å². The number of hydrogen-bond acceptors (Lipinski definition) is 1. The zero-order valence-corrected chi connectivity index (χ0v) is 12.0. The van der Waals surface area contributed by atoms with Crippen molar-refractivity contribution in [1.29, 1.82) is 0 Å². The van der Waals surface area contributed by atoms with Crippen molar-refractivity contribution in [3.8, 4) is 0 Å². The van der Waals surface area contributed by atoms with Crippen LogP contribution in [0.4, 0.5) is 4.79 Å². The Labute approximate surface area is 112 Å². The van der Waals surface area contributed by atoms with Gasteiger partial charge in [0.2, 0.25) is 0 Å². The Balaban J connectivity index is 1.82. The predicted molar refractivity (Wildman–Crippen MR) is 76.8 cm³/mol. The Kier molecular flexibility index (Phi) is 8.70. The lowest BCUT2D eigenvalue weighted by Gasteiger charge is -2.15. The number of hydrogen-bond donors (Lipinski definition) is 1. The lowest BCUT2D eigenvalue weighted by molar-refractivity contribution is 0.208. The first-order chi connectivity index (χ1) is 8.84. The number of amides is 2. The van der Waals surface area contributed by atoms with Crippen molar-refractivity contribution >= 4 is 6.03 Å². The molecule has 2 amide bonds. The molecular weight excluding hydrogens is 224 g/mol. The summed E-state index contributed by atoms with van der Waals surface area (Å²) in [5.74, 6) is 0. The van der Waals surface area contributed by atoms with E-state index in [9.17, 15) is 4.79 Å². The molecule has 0 aliphatic carbocycles. The third-order valence-corrected chi connectivity index (χ3v) is 3.70. The van der Waals surface area contributed by atoms with Crippen LogP contribution in [0.15, 0.2) is 0 Å². The van der Waals surface area contributed by atoms with Crippen LogP contribution in [-0.4, -0.2) is 30.6 Å². The number of urea groups is 1. The van der Waals surface area contributed by atoms with Gasteiger partial charge in [-0.25, -0.2) is 4.79 Å². The first-order valence-corrected chi connectivity index (χ1v) is 7.87. The minimum Gasteiger partial charge on any atom is -0.338 e. The van der Waals surface area contributed by atoms with Crippen LogP contribution in [-0.2, 0) is 0 Å². The van der Waals surface area contributed by atoms with Crippen LogP contribution >= 0.6 is 0 Å². The van der Waals surface area contributed by atoms with Crippen molar-refractivity contribution in [3.05, 3.63) is 0 Å². The van der Waals surface area contributed by atoms with E-state index in [-0.39, 0.29) is 6.03 Å². The highest BCUT2D eigenvalue weighted by molar-refractivity contribution is 5.74. The van der Waals surface area contributed by atoms with Crippen LogP contribution in [0.3, 0.4) is 0 Å². The molecule has 1 aliphatic heterocycles. The summed E-state index contributed by atoms with van der Waals surface area (Å²) in [7, 11) is 0. The standard InChI is InChI=1S/C15H30N2O/c1-2-3-4-5-6-7-8-9-12-16-15(18)17-13-10-11-14-17/h2-14H2,1H3,(H,16,18). The monoisotopic (exact) mass is 254 g/mol. The molecule has 0 unspecified atom stereocenters. The topological polar surface area (TPSA) is 32.3 Å². The third kappa shape index (κ3) is 6.87. The maximum atomic E-state index is 11.7. The van der Waals surface area contributed by atoms with E-state index in [4.69, 9.17) is 0 Å². The summed E-state index contributed by atoms with van der Waals surface area (Å²) in [6.45, 7) is 5.00. The first-order valence-electron chi connectivity index (χ1n) is 7.87. The Bertz CT molecular complexity index is 213. The summed E-state index contributed by atoms with van der Waals surface area (Å²) in [5.41, 5.74) is 0. The summed E-state index contributed by atoms with van der Waals surface area (Å²) in [5, 5.41) is 3.02. The van der Waals surface area contributed by atoms with Crippen molar-refractivity contribution in [2.24, 2.45) is 0 Å². The van der Waals surface area contributed by atoms with E-state index in [0.29, 0.717) is 0 Å². The van der Waals surface area contributed by atoms with Gasteiger partial charge in [0.1, 0.15) is 0 Å². The summed E-state index contributed by atoms with van der Waals surface area (Å²) in [6.07, 6.45) is 12.9. The molecule has 106 valence electrons. The SMILES string of the molecule is CCCCCCCCCCNC(=O)N1CCCC1. The largest absolute Gasteiger partial charge is 0.338 e. The zero-order valence-electron chi connectivity index (χ0n) is 12.0. The van der Waals surface area contributed by atoms with Crippen molar-refractivity contribution in [3.63, 3.8) is 0 Å². The smallest absolute Gasteiger partial charge is 0.317 e. The molecular formula is C15H30N2O. The maximum absolute atomic E-state index is 11.7. The van der Waals surface area contributed by atoms with Crippen LogP contribution in [0.2, 0.25) is 0 Å². The summed E-state index contributed by atoms with van der Waals surface area (Å²) >= 11 is 0. The number of nitrogens with zero attached hydrogens (tertiary/aromatic N) is 1. The highest BCUT2D eigenvalue weighted by Crippen LogP contribution is 2.09. The summed E-state index contributed by atoms with van der Waals surface area (Å²) in [4.78, 5) is 13.6. The molecule has 3 heteroatoms. The molecule has 0 aromatic heterocycles. The molecule has 1 aliphatic rings. The third-order valence-electron chi connectivity index (χ3n) is 3.70. The number of carbonyl (C=O) groups excluding carboxylic acids is 1. The van der Waals surface area contributed by atoms with E-state index in [1.807, 2.05) is 4.90 Å². The fourth-order valence-corrected chi connectivity index (χ4v) is 2.49. The molecule has 0 bridgehead atoms. The molecule has 3 nitrogen and oxygen atoms in total. The number of carbonyl (C=O) groups is 1. The Morgan fingerprint density at radius 3 is 2.11 bits per heavy atom. The minimum absolute atomic E-state index is 0.149. The molecule has 1 saturated heterocycles. The molecule has 18 heavy (non-hydrogen) atoms. The van der Waals surface area contributed by atoms with Crippen LogP contribution in [0.1, 0.15) is 71.1 Å². The van der Waals surface area contributed by atoms with Gasteiger partial charge in [0.05, 0.1) is 0 Å². The second-order valence-corrected chi connectivity index (χ2v) is 5.40. The van der Waals surface area contributed by atoms with Crippen LogP contribution in [0, 0.1) is 0 Å². The van der Waals surface area contributed by atoms with Gasteiger partial charge in [0.15, 0.2) is 0 Å². The molecule has 0 aromatic carbocycles. The van der Waals surface area contributed by atoms with E-state index >= 15 is 0 Å². The van der Waals surface area contributed by atoms with E-state index < -0.39 is 0 Å². The lowest BCUT2D eigenvalue weighted by atomic mass is 10.1. The predicted octanol–water partition coefficient (Wildman–Crippen LogP) is 3.93. The molecule has 1 N–H and O–H groups in total. The van der Waals surface area contributed by atoms with E-state index in [2.05, 4.69) is 12.2 Å². The van der Waals surface area contributed by atoms with Gasteiger partial charge in [-0.3, -0.25) is 0 Å². The number of nitrogens with one attached hydrogen (secondary N) is 1. The lowest BCUT2D eigenvalue weighted by Crippen LogP contribution is -2.38. The second kappa shape index (κ2) is 10.2. The van der Waals surface area contributed by atoms with Crippen molar-refractivity contribution < 1.29 is 4.79 Å². The van der Waals surface area contributed by atoms with Crippen molar-refractivity contribution in [2.45, 2.75) is 71.1 Å². The number of rotatable bonds is 9. The fraction of sp³-hybridized carbons (Fsp3) is 0.933. The van der Waals surface area contributed by atoms with E-state index in [0.717, 1.165) is 26.1 Å². The van der Waals surface area contributed by atoms with Crippen LogP contribution < -0.4 is 5.32 Å². The quantitative estimate of drug-likeness (QED) is 0.621. The highest BCUT2D eigenvalue weighted by Gasteiger charge is 2.16. The summed E-state index contributed by atoms with van der Waals surface area (Å²) in [6, 6.07) is 0.149. The molecule has 0 radical (unpaired) electrons. The zero-order chi connectivity index (χ0) is 13.1. The van der Waals surface area contributed by atoms with E-state index in [1.54, 1.807) is 0 Å². The average molecular weight is 254 g/mol. The normalized spacial score (nSPS) is 15.1. The van der Waals surface area contributed by atoms with Gasteiger partial charge in [-0.05, 0) is 19.3 Å². The first kappa shape index (κ1) is 15.3. The van der Waals surface area contributed by atoms with Gasteiger partial charge < -0.3 is 10.2 Å². The molecule has 1 heterocycles. The van der Waals surface area contributed by atoms with Gasteiger partial charge in [0, 0.05) is 19.6 Å². The highest BCUT2D eigenvalue weighted by atomic mass is 16.2. The Hall–Kier alpha value is -0.730. The molecule has 0 atom stereocenters. The molecule has 1 rings (SSSR count). The average Bonchev–Trinajstić information content (AvgIpc) is 2.90. The molecule has 0 saturated carbocycles. The Morgan fingerprint density at radius 2 is 1.50 bits per heavy atom. The van der Waals surface area contributed by atoms with Crippen molar-refractivity contribution in [2.75, 3.05) is 19.6 Å². The van der Waals surface area contributed by atoms with Crippen LogP contribution in [0.5, 0.6) is 0 Å². The van der Waals surface area contributed by atoms with Crippen molar-refractivity contribution in [1.82, 2.24) is 10.2 Å². The molecule has 0 spiro atoms. The number of unbranched alkanes of at least 4 members (excludes halogenated alkanes) is 7. The fourth-order valence-electron chi connectivity index (χ4n) is 2.49. The van der Waals surface area contributed by atoms with Gasteiger partial charge in [0.25, 0.3) is 0 Å². The maximum Gasteiger partial charge on any atom is 0.317 e. The number of likely N-dealkylation sites (tertiary alicyclic amines) is 1. The van der Waals surface area contributed by atoms with Crippen LogP contribution in [0.25, 0.3) is 0 Å². The molecule has 0 aromatic rings. The van der Waals surface area contributed by atoms with Gasteiger partial charge in [-0.1, -0.05) is 51.9 Å². The second-order valence-electron chi connectivity index (χ2n) is 5.40. The van der Waals surface area contributed by atoms with Gasteiger partial charge in [-0.15, -0.1) is 0 Å². The van der Waals surface area contributed by atoms with Gasteiger partial charge >= 0.3 is 6.03 Å².